The summed E-state index contributed by atoms with van der Waals surface area (Å²) in [6.07, 6.45) is 2.00. The minimum absolute atomic E-state index is 0.0775. The predicted molar refractivity (Wildman–Crippen MR) is 50.5 cm³/mol. The average Bonchev–Trinajstić information content (AvgIpc) is 2.64. The Morgan fingerprint density at radius 2 is 2.46 bits per heavy atom. The van der Waals surface area contributed by atoms with E-state index in [-0.39, 0.29) is 5.91 Å². The van der Waals surface area contributed by atoms with Crippen molar-refractivity contribution in [3.63, 3.8) is 0 Å². The Morgan fingerprint density at radius 1 is 1.62 bits per heavy atom. The van der Waals surface area contributed by atoms with Crippen molar-refractivity contribution < 1.29 is 9.53 Å². The fourth-order valence-electron chi connectivity index (χ4n) is 1.26. The molecule has 76 valence electrons. The number of ether oxygens (including phenoxy) is 1. The van der Waals surface area contributed by atoms with E-state index >= 15 is 0 Å². The van der Waals surface area contributed by atoms with Crippen molar-refractivity contribution >= 4 is 5.91 Å². The monoisotopic (exact) mass is 186 g/mol. The van der Waals surface area contributed by atoms with Crippen LogP contribution in [0.25, 0.3) is 0 Å². The lowest BCUT2D eigenvalue weighted by Crippen LogP contribution is -2.39. The van der Waals surface area contributed by atoms with Crippen LogP contribution in [0.1, 0.15) is 19.8 Å². The summed E-state index contributed by atoms with van der Waals surface area (Å²) in [6.45, 7) is 4.77. The van der Waals surface area contributed by atoms with Crippen molar-refractivity contribution in [3.8, 4) is 0 Å². The van der Waals surface area contributed by atoms with Gasteiger partial charge in [0, 0.05) is 19.2 Å². The maximum absolute atomic E-state index is 11.1. The van der Waals surface area contributed by atoms with E-state index in [2.05, 4.69) is 10.6 Å². The van der Waals surface area contributed by atoms with Gasteiger partial charge in [0.1, 0.15) is 0 Å². The van der Waals surface area contributed by atoms with Crippen molar-refractivity contribution in [2.24, 2.45) is 0 Å². The predicted octanol–water partition coefficient (Wildman–Crippen LogP) is -0.109. The van der Waals surface area contributed by atoms with Gasteiger partial charge in [-0.15, -0.1) is 0 Å². The molecule has 0 saturated carbocycles. The van der Waals surface area contributed by atoms with E-state index in [1.165, 1.54) is 0 Å². The van der Waals surface area contributed by atoms with Gasteiger partial charge in [-0.05, 0) is 12.8 Å². The lowest BCUT2D eigenvalue weighted by atomic mass is 10.2. The summed E-state index contributed by atoms with van der Waals surface area (Å²) >= 11 is 0. The maximum Gasteiger partial charge on any atom is 0.233 e. The van der Waals surface area contributed by atoms with Crippen LogP contribution in [0.4, 0.5) is 0 Å². The van der Waals surface area contributed by atoms with Crippen LogP contribution in [0.3, 0.4) is 0 Å². The second-order valence-corrected chi connectivity index (χ2v) is 3.29. The van der Waals surface area contributed by atoms with E-state index in [4.69, 9.17) is 4.74 Å². The lowest BCUT2D eigenvalue weighted by molar-refractivity contribution is -0.120. The number of amides is 1. The topological polar surface area (TPSA) is 50.4 Å². The van der Waals surface area contributed by atoms with E-state index in [9.17, 15) is 4.79 Å². The van der Waals surface area contributed by atoms with E-state index < -0.39 is 0 Å². The fourth-order valence-corrected chi connectivity index (χ4v) is 1.26. The summed E-state index contributed by atoms with van der Waals surface area (Å²) in [5.41, 5.74) is 0. The fraction of sp³-hybridized carbons (Fsp3) is 0.889. The van der Waals surface area contributed by atoms with Crippen molar-refractivity contribution in [2.45, 2.75) is 25.8 Å². The summed E-state index contributed by atoms with van der Waals surface area (Å²) in [5, 5.41) is 5.97. The SMILES string of the molecule is CCCNC(=O)CNC1CCOC1. The number of carbonyl (C=O) groups excluding carboxylic acids is 1. The maximum atomic E-state index is 11.1. The molecule has 1 atom stereocenters. The summed E-state index contributed by atoms with van der Waals surface area (Å²) in [5.74, 6) is 0.0775. The Hall–Kier alpha value is -0.610. The first-order chi connectivity index (χ1) is 6.33. The third-order valence-electron chi connectivity index (χ3n) is 2.05. The average molecular weight is 186 g/mol. The van der Waals surface area contributed by atoms with Crippen LogP contribution < -0.4 is 10.6 Å². The van der Waals surface area contributed by atoms with Crippen molar-refractivity contribution in [1.82, 2.24) is 10.6 Å². The van der Waals surface area contributed by atoms with Gasteiger partial charge in [-0.2, -0.15) is 0 Å². The van der Waals surface area contributed by atoms with Gasteiger partial charge in [0.05, 0.1) is 13.2 Å². The van der Waals surface area contributed by atoms with Crippen LogP contribution in [0.2, 0.25) is 0 Å². The highest BCUT2D eigenvalue weighted by molar-refractivity contribution is 5.77. The van der Waals surface area contributed by atoms with E-state index in [1.54, 1.807) is 0 Å². The highest BCUT2D eigenvalue weighted by atomic mass is 16.5. The van der Waals surface area contributed by atoms with Crippen molar-refractivity contribution in [3.05, 3.63) is 0 Å². The molecule has 0 aromatic carbocycles. The summed E-state index contributed by atoms with van der Waals surface area (Å²) in [4.78, 5) is 11.1. The van der Waals surface area contributed by atoms with E-state index in [1.807, 2.05) is 6.92 Å². The van der Waals surface area contributed by atoms with Gasteiger partial charge >= 0.3 is 0 Å². The molecule has 1 saturated heterocycles. The van der Waals surface area contributed by atoms with Crippen LogP contribution in [0.5, 0.6) is 0 Å². The Balaban J connectivity index is 2.00. The molecular weight excluding hydrogens is 168 g/mol. The molecule has 1 aliphatic rings. The third-order valence-corrected chi connectivity index (χ3v) is 2.05. The molecule has 0 aliphatic carbocycles. The molecule has 0 aromatic rings. The molecule has 1 amide bonds. The van der Waals surface area contributed by atoms with Gasteiger partial charge in [-0.1, -0.05) is 6.92 Å². The minimum Gasteiger partial charge on any atom is -0.380 e. The van der Waals surface area contributed by atoms with Gasteiger partial charge < -0.3 is 15.4 Å². The Bertz CT molecular complexity index is 156. The molecule has 13 heavy (non-hydrogen) atoms. The molecule has 1 unspecified atom stereocenters. The molecule has 2 N–H and O–H groups in total. The zero-order valence-electron chi connectivity index (χ0n) is 8.14. The molecule has 0 aromatic heterocycles. The van der Waals surface area contributed by atoms with Gasteiger partial charge in [0.2, 0.25) is 5.91 Å². The highest BCUT2D eigenvalue weighted by Crippen LogP contribution is 2.01. The number of hydrogen-bond acceptors (Lipinski definition) is 3. The van der Waals surface area contributed by atoms with E-state index in [0.29, 0.717) is 12.6 Å². The largest absolute Gasteiger partial charge is 0.380 e. The number of nitrogens with one attached hydrogen (secondary N) is 2. The molecule has 1 aliphatic heterocycles. The van der Waals surface area contributed by atoms with E-state index in [0.717, 1.165) is 32.6 Å². The second kappa shape index (κ2) is 5.94. The molecule has 1 heterocycles. The third kappa shape index (κ3) is 4.24. The molecule has 1 fully saturated rings. The van der Waals surface area contributed by atoms with Crippen LogP contribution in [-0.2, 0) is 9.53 Å². The van der Waals surface area contributed by atoms with Gasteiger partial charge in [-0.3, -0.25) is 4.79 Å². The first-order valence-corrected chi connectivity index (χ1v) is 4.90. The van der Waals surface area contributed by atoms with Gasteiger partial charge in [-0.25, -0.2) is 0 Å². The number of rotatable bonds is 5. The number of carbonyl (C=O) groups is 1. The number of hydrogen-bond donors (Lipinski definition) is 2. The minimum atomic E-state index is 0.0775. The molecule has 0 radical (unpaired) electrons. The Morgan fingerprint density at radius 3 is 3.08 bits per heavy atom. The van der Waals surface area contributed by atoms with Gasteiger partial charge in [0.25, 0.3) is 0 Å². The van der Waals surface area contributed by atoms with Crippen molar-refractivity contribution in [1.29, 1.82) is 0 Å². The van der Waals surface area contributed by atoms with Crippen LogP contribution >= 0.6 is 0 Å². The summed E-state index contributed by atoms with van der Waals surface area (Å²) in [6, 6.07) is 0.368. The molecule has 4 nitrogen and oxygen atoms in total. The van der Waals surface area contributed by atoms with Crippen LogP contribution in [-0.4, -0.2) is 38.3 Å². The highest BCUT2D eigenvalue weighted by Gasteiger charge is 2.15. The first-order valence-electron chi connectivity index (χ1n) is 4.90. The van der Waals surface area contributed by atoms with Gasteiger partial charge in [0.15, 0.2) is 0 Å². The van der Waals surface area contributed by atoms with Crippen LogP contribution in [0.15, 0.2) is 0 Å². The molecular formula is C9H18N2O2. The molecule has 4 heteroatoms. The lowest BCUT2D eigenvalue weighted by Gasteiger charge is -2.09. The normalized spacial score (nSPS) is 21.8. The van der Waals surface area contributed by atoms with Crippen LogP contribution in [0, 0.1) is 0 Å². The quantitative estimate of drug-likeness (QED) is 0.630. The second-order valence-electron chi connectivity index (χ2n) is 3.29. The molecule has 0 bridgehead atoms. The Kier molecular flexibility index (Phi) is 4.78. The zero-order chi connectivity index (χ0) is 9.52. The molecule has 0 spiro atoms. The molecule has 1 rings (SSSR count). The zero-order valence-corrected chi connectivity index (χ0v) is 8.14. The summed E-state index contributed by atoms with van der Waals surface area (Å²) in [7, 11) is 0. The Labute approximate surface area is 79.0 Å². The first kappa shape index (κ1) is 10.5. The smallest absolute Gasteiger partial charge is 0.233 e. The standard InChI is InChI=1S/C9H18N2O2/c1-2-4-10-9(12)6-11-8-3-5-13-7-8/h8,11H,2-7H2,1H3,(H,10,12). The summed E-state index contributed by atoms with van der Waals surface area (Å²) < 4.78 is 5.18. The van der Waals surface area contributed by atoms with Crippen molar-refractivity contribution in [2.75, 3.05) is 26.3 Å².